The van der Waals surface area contributed by atoms with Crippen LogP contribution in [0.1, 0.15) is 31.2 Å². The summed E-state index contributed by atoms with van der Waals surface area (Å²) in [5.41, 5.74) is 1.35. The van der Waals surface area contributed by atoms with Gasteiger partial charge in [-0.05, 0) is 42.4 Å². The largest absolute Gasteiger partial charge is 0.354 e. The number of benzene rings is 1. The van der Waals surface area contributed by atoms with Crippen molar-refractivity contribution in [3.63, 3.8) is 0 Å². The molecule has 1 aliphatic heterocycles. The summed E-state index contributed by atoms with van der Waals surface area (Å²) in [6, 6.07) is 6.02. The van der Waals surface area contributed by atoms with Gasteiger partial charge in [0.15, 0.2) is 5.96 Å². The van der Waals surface area contributed by atoms with E-state index in [2.05, 4.69) is 20.5 Å². The van der Waals surface area contributed by atoms with Gasteiger partial charge in [-0.3, -0.25) is 9.79 Å². The van der Waals surface area contributed by atoms with Crippen molar-refractivity contribution >= 4 is 11.9 Å². The van der Waals surface area contributed by atoms with Crippen LogP contribution in [-0.4, -0.2) is 50.0 Å². The molecule has 0 aromatic heterocycles. The van der Waals surface area contributed by atoms with Crippen LogP contribution in [0.3, 0.4) is 0 Å². The maximum atomic E-state index is 12.9. The summed E-state index contributed by atoms with van der Waals surface area (Å²) in [4.78, 5) is 18.6. The van der Waals surface area contributed by atoms with Crippen molar-refractivity contribution in [1.82, 2.24) is 15.5 Å². The molecular weight excluding hydrogens is 319 g/mol. The molecule has 1 heterocycles. The molecule has 3 rings (SSSR count). The Bertz CT molecular complexity index is 625. The first-order chi connectivity index (χ1) is 12.1. The van der Waals surface area contributed by atoms with Gasteiger partial charge >= 0.3 is 0 Å². The summed E-state index contributed by atoms with van der Waals surface area (Å²) in [5, 5.41) is 6.22. The molecule has 1 amide bonds. The predicted octanol–water partition coefficient (Wildman–Crippen LogP) is 1.94. The van der Waals surface area contributed by atoms with Crippen LogP contribution in [0.25, 0.3) is 0 Å². The van der Waals surface area contributed by atoms with Crippen LogP contribution in [0.15, 0.2) is 29.3 Å². The topological polar surface area (TPSA) is 56.7 Å². The highest BCUT2D eigenvalue weighted by Gasteiger charge is 2.43. The zero-order chi connectivity index (χ0) is 17.7. The second-order valence-electron chi connectivity index (χ2n) is 7.15. The van der Waals surface area contributed by atoms with Crippen molar-refractivity contribution in [2.24, 2.45) is 10.4 Å². The Kier molecular flexibility index (Phi) is 5.56. The molecule has 136 valence electrons. The fraction of sp³-hybridized carbons (Fsp3) is 0.579. The van der Waals surface area contributed by atoms with Gasteiger partial charge in [-0.1, -0.05) is 18.6 Å². The van der Waals surface area contributed by atoms with Crippen LogP contribution >= 0.6 is 0 Å². The maximum absolute atomic E-state index is 12.9. The molecule has 5 nitrogen and oxygen atoms in total. The van der Waals surface area contributed by atoms with E-state index in [1.807, 2.05) is 0 Å². The third kappa shape index (κ3) is 4.50. The number of aliphatic imine (C=N–C) groups is 1. The van der Waals surface area contributed by atoms with Crippen LogP contribution < -0.4 is 10.6 Å². The molecule has 1 aromatic carbocycles. The molecule has 1 aromatic rings. The van der Waals surface area contributed by atoms with Gasteiger partial charge in [0.25, 0.3) is 0 Å². The van der Waals surface area contributed by atoms with E-state index in [0.717, 1.165) is 24.6 Å². The highest BCUT2D eigenvalue weighted by Crippen LogP contribution is 2.47. The van der Waals surface area contributed by atoms with Gasteiger partial charge in [0, 0.05) is 33.2 Å². The van der Waals surface area contributed by atoms with E-state index in [9.17, 15) is 9.18 Å². The smallest absolute Gasteiger partial charge is 0.224 e. The van der Waals surface area contributed by atoms with Crippen molar-refractivity contribution in [2.45, 2.75) is 32.1 Å². The minimum Gasteiger partial charge on any atom is -0.354 e. The number of hydrogen-bond acceptors (Lipinski definition) is 2. The minimum absolute atomic E-state index is 0.0574. The number of halogens is 1. The molecular formula is C19H27FN4O. The van der Waals surface area contributed by atoms with Gasteiger partial charge in [-0.2, -0.15) is 0 Å². The molecule has 2 N–H and O–H groups in total. The lowest BCUT2D eigenvalue weighted by atomic mass is 9.68. The fourth-order valence-electron chi connectivity index (χ4n) is 3.76. The molecule has 1 saturated carbocycles. The molecule has 1 spiro atoms. The number of carbonyl (C=O) groups excluding carboxylic acids is 1. The lowest BCUT2D eigenvalue weighted by Gasteiger charge is -2.38. The van der Waals surface area contributed by atoms with E-state index in [4.69, 9.17) is 0 Å². The summed E-state index contributed by atoms with van der Waals surface area (Å²) in [6.07, 6.45) is 5.59. The van der Waals surface area contributed by atoms with Crippen LogP contribution in [0.5, 0.6) is 0 Å². The lowest BCUT2D eigenvalue weighted by molar-refractivity contribution is -0.120. The van der Waals surface area contributed by atoms with Gasteiger partial charge in [0.2, 0.25) is 5.91 Å². The zero-order valence-electron chi connectivity index (χ0n) is 14.9. The molecule has 2 fully saturated rings. The minimum atomic E-state index is -0.287. The summed E-state index contributed by atoms with van der Waals surface area (Å²) >= 11 is 0. The molecule has 0 unspecified atom stereocenters. The Morgan fingerprint density at radius 3 is 2.52 bits per heavy atom. The first kappa shape index (κ1) is 17.7. The number of rotatable bonds is 5. The molecule has 1 aliphatic carbocycles. The number of likely N-dealkylation sites (tertiary alicyclic amines) is 1. The Labute approximate surface area is 148 Å². The fourth-order valence-corrected chi connectivity index (χ4v) is 3.76. The first-order valence-corrected chi connectivity index (χ1v) is 9.07. The maximum Gasteiger partial charge on any atom is 0.224 e. The molecule has 6 heteroatoms. The number of hydrogen-bond donors (Lipinski definition) is 2. The highest BCUT2D eigenvalue weighted by atomic mass is 19.1. The number of nitrogens with zero attached hydrogens (tertiary/aromatic N) is 2. The zero-order valence-corrected chi connectivity index (χ0v) is 14.9. The summed E-state index contributed by atoms with van der Waals surface area (Å²) in [5.74, 6) is 0.583. The van der Waals surface area contributed by atoms with Crippen LogP contribution in [-0.2, 0) is 11.2 Å². The van der Waals surface area contributed by atoms with Crippen LogP contribution in [0.4, 0.5) is 4.39 Å². The average Bonchev–Trinajstić information content (AvgIpc) is 3.03. The quantitative estimate of drug-likeness (QED) is 0.487. The van der Waals surface area contributed by atoms with Gasteiger partial charge in [0.1, 0.15) is 5.82 Å². The van der Waals surface area contributed by atoms with Crippen molar-refractivity contribution in [3.8, 4) is 0 Å². The molecule has 25 heavy (non-hydrogen) atoms. The standard InChI is InChI=1S/C19H27FN4O/c1-21-18(24-12-9-19(14-24)7-2-8-19)23-11-10-22-17(25)13-15-3-5-16(20)6-4-15/h3-6H,2,7-14H2,1H3,(H,21,23)(H,22,25). The van der Waals surface area contributed by atoms with Crippen molar-refractivity contribution in [1.29, 1.82) is 0 Å². The van der Waals surface area contributed by atoms with Gasteiger partial charge < -0.3 is 15.5 Å². The predicted molar refractivity (Wildman–Crippen MR) is 96.9 cm³/mol. The average molecular weight is 346 g/mol. The molecule has 0 bridgehead atoms. The van der Waals surface area contributed by atoms with Gasteiger partial charge in [-0.25, -0.2) is 4.39 Å². The number of nitrogens with one attached hydrogen (secondary N) is 2. The Hall–Kier alpha value is -2.11. The van der Waals surface area contributed by atoms with Crippen molar-refractivity contribution < 1.29 is 9.18 Å². The van der Waals surface area contributed by atoms with Crippen LogP contribution in [0, 0.1) is 11.2 Å². The number of guanidine groups is 1. The van der Waals surface area contributed by atoms with E-state index in [0.29, 0.717) is 18.5 Å². The third-order valence-corrected chi connectivity index (χ3v) is 5.37. The van der Waals surface area contributed by atoms with E-state index < -0.39 is 0 Å². The number of amides is 1. The lowest BCUT2D eigenvalue weighted by Crippen LogP contribution is -2.45. The Morgan fingerprint density at radius 1 is 1.20 bits per heavy atom. The van der Waals surface area contributed by atoms with E-state index in [1.165, 1.54) is 37.8 Å². The van der Waals surface area contributed by atoms with Gasteiger partial charge in [0.05, 0.1) is 6.42 Å². The monoisotopic (exact) mass is 346 g/mol. The van der Waals surface area contributed by atoms with E-state index in [-0.39, 0.29) is 18.1 Å². The SMILES string of the molecule is CN=C(NCCNC(=O)Cc1ccc(F)cc1)N1CCC2(CCC2)C1. The second-order valence-corrected chi connectivity index (χ2v) is 7.15. The molecule has 1 saturated heterocycles. The van der Waals surface area contributed by atoms with E-state index >= 15 is 0 Å². The highest BCUT2D eigenvalue weighted by molar-refractivity contribution is 5.80. The molecule has 0 atom stereocenters. The summed E-state index contributed by atoms with van der Waals surface area (Å²) < 4.78 is 12.9. The summed E-state index contributed by atoms with van der Waals surface area (Å²) in [7, 11) is 1.81. The Balaban J connectivity index is 1.35. The first-order valence-electron chi connectivity index (χ1n) is 9.07. The van der Waals surface area contributed by atoms with Crippen molar-refractivity contribution in [2.75, 3.05) is 33.2 Å². The normalized spacial score (nSPS) is 19.0. The number of carbonyl (C=O) groups is 1. The molecule has 2 aliphatic rings. The van der Waals surface area contributed by atoms with Gasteiger partial charge in [-0.15, -0.1) is 0 Å². The van der Waals surface area contributed by atoms with E-state index in [1.54, 1.807) is 19.2 Å². The second kappa shape index (κ2) is 7.85. The Morgan fingerprint density at radius 2 is 1.92 bits per heavy atom. The third-order valence-electron chi connectivity index (χ3n) is 5.37. The van der Waals surface area contributed by atoms with Crippen molar-refractivity contribution in [3.05, 3.63) is 35.6 Å². The van der Waals surface area contributed by atoms with Crippen LogP contribution in [0.2, 0.25) is 0 Å². The molecule has 0 radical (unpaired) electrons. The summed E-state index contributed by atoms with van der Waals surface area (Å²) in [6.45, 7) is 3.35.